The highest BCUT2D eigenvalue weighted by Gasteiger charge is 2.32. The summed E-state index contributed by atoms with van der Waals surface area (Å²) in [4.78, 5) is 28.5. The van der Waals surface area contributed by atoms with Gasteiger partial charge in [0.1, 0.15) is 6.54 Å². The highest BCUT2D eigenvalue weighted by Crippen LogP contribution is 2.32. The fourth-order valence-electron chi connectivity index (χ4n) is 4.30. The number of carbonyl (C=O) groups is 1. The molecule has 1 N–H and O–H groups in total. The van der Waals surface area contributed by atoms with Crippen molar-refractivity contribution in [1.29, 1.82) is 0 Å². The summed E-state index contributed by atoms with van der Waals surface area (Å²) in [7, 11) is 0. The van der Waals surface area contributed by atoms with Gasteiger partial charge in [-0.2, -0.15) is 13.2 Å². The zero-order valence-electron chi connectivity index (χ0n) is 21.1. The first kappa shape index (κ1) is 27.9. The molecule has 4 rings (SSSR count). The Kier molecular flexibility index (Phi) is 8.29. The zero-order valence-corrected chi connectivity index (χ0v) is 21.8. The SMILES string of the molecule is CC(C)(NC(=O)Cn1nc(-c2ccc(Cl)cc2)n(CCN2CCOCC2)c1=O)c1cccc(C(F)(F)F)c1. The number of nitrogens with zero attached hydrogens (tertiary/aromatic N) is 4. The minimum atomic E-state index is -4.50. The molecule has 1 aromatic heterocycles. The number of rotatable bonds is 8. The van der Waals surface area contributed by atoms with Gasteiger partial charge in [0.2, 0.25) is 5.91 Å². The Labute approximate surface area is 223 Å². The van der Waals surface area contributed by atoms with Crippen LogP contribution in [0.1, 0.15) is 25.0 Å². The first-order valence-corrected chi connectivity index (χ1v) is 12.5. The summed E-state index contributed by atoms with van der Waals surface area (Å²) in [5, 5.41) is 7.70. The average Bonchev–Trinajstić information content (AvgIpc) is 3.17. The molecule has 2 heterocycles. The Hall–Kier alpha value is -3.15. The van der Waals surface area contributed by atoms with Crippen LogP contribution >= 0.6 is 11.6 Å². The summed E-state index contributed by atoms with van der Waals surface area (Å²) in [6, 6.07) is 11.7. The van der Waals surface area contributed by atoms with E-state index in [0.717, 1.165) is 29.9 Å². The summed E-state index contributed by atoms with van der Waals surface area (Å²) in [5.41, 5.74) is -1.45. The van der Waals surface area contributed by atoms with E-state index in [1.54, 1.807) is 38.1 Å². The number of amides is 1. The molecule has 3 aromatic rings. The fraction of sp³-hybridized carbons (Fsp3) is 0.423. The summed E-state index contributed by atoms with van der Waals surface area (Å²) in [6.45, 7) is 6.52. The molecular formula is C26H29ClF3N5O3. The molecule has 8 nitrogen and oxygen atoms in total. The number of nitrogens with one attached hydrogen (secondary N) is 1. The van der Waals surface area contributed by atoms with Crippen LogP contribution < -0.4 is 11.0 Å². The van der Waals surface area contributed by atoms with Gasteiger partial charge < -0.3 is 10.1 Å². The van der Waals surface area contributed by atoms with Crippen LogP contribution in [0.3, 0.4) is 0 Å². The molecule has 0 saturated carbocycles. The van der Waals surface area contributed by atoms with Crippen LogP contribution in [0.5, 0.6) is 0 Å². The van der Waals surface area contributed by atoms with Crippen molar-refractivity contribution in [1.82, 2.24) is 24.6 Å². The number of morpholine rings is 1. The number of aromatic nitrogens is 3. The Morgan fingerprint density at radius 1 is 1.05 bits per heavy atom. The molecule has 0 aliphatic carbocycles. The summed E-state index contributed by atoms with van der Waals surface area (Å²) in [6.07, 6.45) is -4.50. The minimum Gasteiger partial charge on any atom is -0.379 e. The fourth-order valence-corrected chi connectivity index (χ4v) is 4.43. The van der Waals surface area contributed by atoms with Gasteiger partial charge in [0.25, 0.3) is 0 Å². The molecule has 0 unspecified atom stereocenters. The highest BCUT2D eigenvalue weighted by atomic mass is 35.5. The third-order valence-electron chi connectivity index (χ3n) is 6.43. The van der Waals surface area contributed by atoms with Crippen molar-refractivity contribution in [3.05, 3.63) is 75.2 Å². The molecular weight excluding hydrogens is 523 g/mol. The van der Waals surface area contributed by atoms with Gasteiger partial charge in [-0.1, -0.05) is 23.7 Å². The van der Waals surface area contributed by atoms with Crippen LogP contribution in [-0.4, -0.2) is 58.0 Å². The van der Waals surface area contributed by atoms with E-state index in [2.05, 4.69) is 15.3 Å². The number of alkyl halides is 3. The maximum absolute atomic E-state index is 13.3. The van der Waals surface area contributed by atoms with Gasteiger partial charge in [-0.15, -0.1) is 5.10 Å². The number of hydrogen-bond acceptors (Lipinski definition) is 5. The van der Waals surface area contributed by atoms with Crippen LogP contribution in [0.25, 0.3) is 11.4 Å². The number of halogens is 4. The number of benzene rings is 2. The lowest BCUT2D eigenvalue weighted by atomic mass is 9.92. The Morgan fingerprint density at radius 2 is 1.71 bits per heavy atom. The van der Waals surface area contributed by atoms with Gasteiger partial charge in [0.05, 0.1) is 24.3 Å². The Balaban J connectivity index is 1.56. The van der Waals surface area contributed by atoms with Gasteiger partial charge >= 0.3 is 11.9 Å². The molecule has 0 bridgehead atoms. The predicted molar refractivity (Wildman–Crippen MR) is 137 cm³/mol. The number of carbonyl (C=O) groups excluding carboxylic acids is 1. The Morgan fingerprint density at radius 3 is 2.37 bits per heavy atom. The van der Waals surface area contributed by atoms with Gasteiger partial charge in [0, 0.05) is 36.8 Å². The molecule has 1 saturated heterocycles. The average molecular weight is 552 g/mol. The van der Waals surface area contributed by atoms with Crippen molar-refractivity contribution in [2.24, 2.45) is 0 Å². The van der Waals surface area contributed by atoms with E-state index in [4.69, 9.17) is 16.3 Å². The minimum absolute atomic E-state index is 0.283. The molecule has 1 fully saturated rings. The van der Waals surface area contributed by atoms with Crippen molar-refractivity contribution < 1.29 is 22.7 Å². The van der Waals surface area contributed by atoms with E-state index in [9.17, 15) is 22.8 Å². The van der Waals surface area contributed by atoms with E-state index in [0.29, 0.717) is 42.7 Å². The van der Waals surface area contributed by atoms with Crippen molar-refractivity contribution in [2.45, 2.75) is 38.7 Å². The van der Waals surface area contributed by atoms with Crippen molar-refractivity contribution in [3.63, 3.8) is 0 Å². The molecule has 0 atom stereocenters. The van der Waals surface area contributed by atoms with Crippen molar-refractivity contribution in [3.8, 4) is 11.4 Å². The van der Waals surface area contributed by atoms with Crippen molar-refractivity contribution >= 4 is 17.5 Å². The topological polar surface area (TPSA) is 81.4 Å². The maximum atomic E-state index is 13.3. The van der Waals surface area contributed by atoms with Crippen LogP contribution in [0, 0.1) is 0 Å². The Bertz CT molecular complexity index is 1330. The highest BCUT2D eigenvalue weighted by molar-refractivity contribution is 6.30. The van der Waals surface area contributed by atoms with Crippen molar-refractivity contribution in [2.75, 3.05) is 32.8 Å². The lowest BCUT2D eigenvalue weighted by Crippen LogP contribution is -2.44. The monoisotopic (exact) mass is 551 g/mol. The van der Waals surface area contributed by atoms with Gasteiger partial charge in [0.15, 0.2) is 5.82 Å². The van der Waals surface area contributed by atoms with Crippen LogP contribution in [0.4, 0.5) is 13.2 Å². The molecule has 2 aromatic carbocycles. The maximum Gasteiger partial charge on any atom is 0.416 e. The molecule has 38 heavy (non-hydrogen) atoms. The lowest BCUT2D eigenvalue weighted by Gasteiger charge is -2.27. The molecule has 0 spiro atoms. The molecule has 1 aliphatic heterocycles. The third-order valence-corrected chi connectivity index (χ3v) is 6.68. The second-order valence-electron chi connectivity index (χ2n) is 9.63. The van der Waals surface area contributed by atoms with E-state index >= 15 is 0 Å². The lowest BCUT2D eigenvalue weighted by molar-refractivity contribution is -0.137. The van der Waals surface area contributed by atoms with E-state index in [1.165, 1.54) is 16.7 Å². The molecule has 1 amide bonds. The van der Waals surface area contributed by atoms with Gasteiger partial charge in [-0.25, -0.2) is 9.48 Å². The van der Waals surface area contributed by atoms with Gasteiger partial charge in [-0.3, -0.25) is 14.3 Å². The largest absolute Gasteiger partial charge is 0.416 e. The van der Waals surface area contributed by atoms with E-state index < -0.39 is 35.4 Å². The molecule has 0 radical (unpaired) electrons. The smallest absolute Gasteiger partial charge is 0.379 e. The molecule has 204 valence electrons. The number of ether oxygens (including phenoxy) is 1. The van der Waals surface area contributed by atoms with Crippen LogP contribution in [0.2, 0.25) is 5.02 Å². The van der Waals surface area contributed by atoms with E-state index in [-0.39, 0.29) is 5.56 Å². The summed E-state index contributed by atoms with van der Waals surface area (Å²) < 4.78 is 47.5. The zero-order chi connectivity index (χ0) is 27.5. The third kappa shape index (κ3) is 6.64. The molecule has 12 heteroatoms. The second kappa shape index (κ2) is 11.3. The van der Waals surface area contributed by atoms with Crippen LogP contribution in [0.15, 0.2) is 53.3 Å². The standard InChI is InChI=1S/C26H29ClF3N5O3/c1-25(2,19-4-3-5-20(16-19)26(28,29)30)31-22(36)17-35-24(37)34(11-10-33-12-14-38-15-13-33)23(32-35)18-6-8-21(27)9-7-18/h3-9,16H,10-15,17H2,1-2H3,(H,31,36). The second-order valence-corrected chi connectivity index (χ2v) is 10.1. The van der Waals surface area contributed by atoms with Gasteiger partial charge in [-0.05, 0) is 55.8 Å². The predicted octanol–water partition coefficient (Wildman–Crippen LogP) is 3.77. The first-order chi connectivity index (χ1) is 17.9. The molecule has 1 aliphatic rings. The van der Waals surface area contributed by atoms with Crippen LogP contribution in [-0.2, 0) is 34.3 Å². The normalized spacial score (nSPS) is 15.0. The summed E-state index contributed by atoms with van der Waals surface area (Å²) >= 11 is 6.03. The van der Waals surface area contributed by atoms with E-state index in [1.807, 2.05) is 0 Å². The summed E-state index contributed by atoms with van der Waals surface area (Å²) in [5.74, 6) is -0.167. The number of hydrogen-bond donors (Lipinski definition) is 1. The first-order valence-electron chi connectivity index (χ1n) is 12.2. The quantitative estimate of drug-likeness (QED) is 0.461.